The standard InChI is InChI=1S/C34H48F3N9O4S/c1-5-46-19-24(18-40-46)34(36,37)33(50)43-29(22-8-6-20(2)7-9-22)31(48)41-26-11-10-23(16-25(26)35)21(3)28(42-30(47)27(17-38)51-39)32(49)45-14-12-44(4)13-15-45/h10-11,16-22,28-29H,5-9,12-15,38-39H2,1-4H3,(H,41,48)(H,42,47)(H,43,50)/b27-17-/t20-,21-,22-,28+,29-/m0/s1. The molecule has 0 spiro atoms. The summed E-state index contributed by atoms with van der Waals surface area (Å²) in [4.78, 5) is 57.0. The number of benzene rings is 1. The summed E-state index contributed by atoms with van der Waals surface area (Å²) < 4.78 is 47.5. The number of nitrogens with two attached hydrogens (primary N) is 2. The summed E-state index contributed by atoms with van der Waals surface area (Å²) in [6.45, 7) is 7.91. The molecule has 2 aromatic rings. The topological polar surface area (TPSA) is 181 Å². The van der Waals surface area contributed by atoms with E-state index in [9.17, 15) is 19.2 Å². The number of alkyl halides is 2. The molecule has 0 radical (unpaired) electrons. The van der Waals surface area contributed by atoms with Gasteiger partial charge in [0.15, 0.2) is 0 Å². The largest absolute Gasteiger partial charge is 0.403 e. The number of anilines is 1. The summed E-state index contributed by atoms with van der Waals surface area (Å²) >= 11 is 0.624. The summed E-state index contributed by atoms with van der Waals surface area (Å²) in [5, 5.41) is 16.9. The first kappa shape index (κ1) is 39.7. The van der Waals surface area contributed by atoms with E-state index < -0.39 is 58.9 Å². The van der Waals surface area contributed by atoms with Crippen LogP contribution in [0.2, 0.25) is 0 Å². The number of likely N-dealkylation sites (N-methyl/N-ethyl adjacent to an activating group) is 1. The molecule has 1 aromatic carbocycles. The number of aryl methyl sites for hydroxylation is 1. The van der Waals surface area contributed by atoms with Gasteiger partial charge in [-0.1, -0.05) is 32.8 Å². The zero-order valence-corrected chi connectivity index (χ0v) is 30.2. The number of carbonyl (C=O) groups excluding carboxylic acids is 4. The third-order valence-corrected chi connectivity index (χ3v) is 10.4. The van der Waals surface area contributed by atoms with E-state index >= 15 is 13.2 Å². The molecule has 17 heteroatoms. The highest BCUT2D eigenvalue weighted by Gasteiger charge is 2.45. The van der Waals surface area contributed by atoms with E-state index in [1.165, 1.54) is 16.8 Å². The Kier molecular flexibility index (Phi) is 13.6. The number of halogens is 3. The van der Waals surface area contributed by atoms with Crippen molar-refractivity contribution in [2.24, 2.45) is 22.7 Å². The number of nitrogens with zero attached hydrogens (tertiary/aromatic N) is 4. The van der Waals surface area contributed by atoms with E-state index in [-0.39, 0.29) is 16.5 Å². The van der Waals surface area contributed by atoms with Gasteiger partial charge >= 0.3 is 5.92 Å². The van der Waals surface area contributed by atoms with Gasteiger partial charge in [-0.15, -0.1) is 0 Å². The molecule has 7 N–H and O–H groups in total. The van der Waals surface area contributed by atoms with Crippen molar-refractivity contribution in [2.75, 3.05) is 38.5 Å². The van der Waals surface area contributed by atoms with Crippen LogP contribution >= 0.6 is 11.9 Å². The molecule has 2 fully saturated rings. The van der Waals surface area contributed by atoms with E-state index in [4.69, 9.17) is 10.9 Å². The van der Waals surface area contributed by atoms with Gasteiger partial charge < -0.3 is 31.5 Å². The van der Waals surface area contributed by atoms with Crippen molar-refractivity contribution in [3.8, 4) is 0 Å². The maximum Gasteiger partial charge on any atom is 0.352 e. The van der Waals surface area contributed by atoms with Gasteiger partial charge in [0.2, 0.25) is 11.8 Å². The van der Waals surface area contributed by atoms with Crippen molar-refractivity contribution in [2.45, 2.75) is 76.9 Å². The Morgan fingerprint density at radius 2 is 1.76 bits per heavy atom. The molecular weight excluding hydrogens is 687 g/mol. The lowest BCUT2D eigenvalue weighted by molar-refractivity contribution is -0.149. The number of aromatic nitrogens is 2. The van der Waals surface area contributed by atoms with Gasteiger partial charge in [0.1, 0.15) is 22.8 Å². The first-order chi connectivity index (χ1) is 24.2. The first-order valence-electron chi connectivity index (χ1n) is 17.1. The average molecular weight is 736 g/mol. The third kappa shape index (κ3) is 9.62. The number of carbonyl (C=O) groups is 4. The highest BCUT2D eigenvalue weighted by atomic mass is 32.2. The fourth-order valence-electron chi connectivity index (χ4n) is 6.40. The van der Waals surface area contributed by atoms with Crippen molar-refractivity contribution in [1.29, 1.82) is 0 Å². The molecule has 1 saturated heterocycles. The molecule has 3 atom stereocenters. The molecule has 2 aliphatic rings. The van der Waals surface area contributed by atoms with Gasteiger partial charge in [-0.2, -0.15) is 13.9 Å². The highest BCUT2D eigenvalue weighted by Crippen LogP contribution is 2.34. The van der Waals surface area contributed by atoms with Crippen LogP contribution in [0.25, 0.3) is 0 Å². The number of nitrogens with one attached hydrogen (secondary N) is 3. The minimum Gasteiger partial charge on any atom is -0.403 e. The Hall–Kier alpha value is -4.09. The van der Waals surface area contributed by atoms with E-state index in [1.807, 2.05) is 7.05 Å². The first-order valence-corrected chi connectivity index (χ1v) is 18.0. The van der Waals surface area contributed by atoms with Crippen LogP contribution in [0.5, 0.6) is 0 Å². The zero-order valence-electron chi connectivity index (χ0n) is 29.3. The van der Waals surface area contributed by atoms with Crippen LogP contribution in [0.15, 0.2) is 41.7 Å². The van der Waals surface area contributed by atoms with Crippen molar-refractivity contribution in [1.82, 2.24) is 30.2 Å². The molecule has 0 unspecified atom stereocenters. The molecule has 2 heterocycles. The van der Waals surface area contributed by atoms with Crippen LogP contribution < -0.4 is 26.8 Å². The average Bonchev–Trinajstić information content (AvgIpc) is 3.61. The fourth-order valence-corrected chi connectivity index (χ4v) is 6.65. The van der Waals surface area contributed by atoms with Gasteiger partial charge in [-0.25, -0.2) is 4.39 Å². The summed E-state index contributed by atoms with van der Waals surface area (Å²) in [7, 11) is 1.94. The lowest BCUT2D eigenvalue weighted by atomic mass is 9.79. The van der Waals surface area contributed by atoms with Gasteiger partial charge in [-0.3, -0.25) is 29.0 Å². The van der Waals surface area contributed by atoms with Crippen LogP contribution in [-0.2, 0) is 31.6 Å². The summed E-state index contributed by atoms with van der Waals surface area (Å²) in [5.74, 6) is -9.15. The zero-order chi connectivity index (χ0) is 37.5. The summed E-state index contributed by atoms with van der Waals surface area (Å²) in [6, 6.07) is 1.48. The van der Waals surface area contributed by atoms with Crippen LogP contribution in [0.3, 0.4) is 0 Å². The van der Waals surface area contributed by atoms with Crippen molar-refractivity contribution >= 4 is 41.3 Å². The van der Waals surface area contributed by atoms with Crippen LogP contribution in [0.1, 0.15) is 63.5 Å². The summed E-state index contributed by atoms with van der Waals surface area (Å²) in [6.07, 6.45) is 5.52. The van der Waals surface area contributed by atoms with E-state index in [1.54, 1.807) is 18.7 Å². The molecular formula is C34H48F3N9O4S. The highest BCUT2D eigenvalue weighted by molar-refractivity contribution is 8.01. The van der Waals surface area contributed by atoms with Crippen molar-refractivity contribution in [3.63, 3.8) is 0 Å². The Labute approximate surface area is 300 Å². The van der Waals surface area contributed by atoms with E-state index in [2.05, 4.69) is 32.9 Å². The lowest BCUT2D eigenvalue weighted by Gasteiger charge is -2.36. The number of piperazine rings is 1. The van der Waals surface area contributed by atoms with Gasteiger partial charge in [0.25, 0.3) is 11.8 Å². The second-order valence-corrected chi connectivity index (χ2v) is 14.1. The fraction of sp³-hybridized carbons (Fsp3) is 0.559. The van der Waals surface area contributed by atoms with Crippen LogP contribution in [0, 0.1) is 17.7 Å². The number of hydrogen-bond donors (Lipinski definition) is 5. The molecule has 1 aromatic heterocycles. The molecule has 1 saturated carbocycles. The molecule has 4 amide bonds. The number of amides is 4. The quantitative estimate of drug-likeness (QED) is 0.153. The number of rotatable bonds is 13. The summed E-state index contributed by atoms with van der Waals surface area (Å²) in [5.41, 5.74) is 5.04. The SMILES string of the molecule is CCn1cc(C(F)(F)C(=O)N[C@H](C(=O)Nc2ccc([C@H](C)[C@@H](NC(=O)/C(=C/N)SN)C(=O)N3CCN(C)CC3)cc2F)[C@H]2CC[C@H](C)CC2)cn1. The van der Waals surface area contributed by atoms with E-state index in [0.29, 0.717) is 69.0 Å². The molecule has 4 rings (SSSR count). The smallest absolute Gasteiger partial charge is 0.352 e. The predicted octanol–water partition coefficient (Wildman–Crippen LogP) is 2.85. The third-order valence-electron chi connectivity index (χ3n) is 9.85. The van der Waals surface area contributed by atoms with Gasteiger partial charge in [0.05, 0.1) is 17.4 Å². The molecule has 280 valence electrons. The maximum atomic E-state index is 15.7. The molecule has 1 aliphatic carbocycles. The van der Waals surface area contributed by atoms with Crippen molar-refractivity contribution in [3.05, 3.63) is 58.6 Å². The molecule has 13 nitrogen and oxygen atoms in total. The van der Waals surface area contributed by atoms with Crippen molar-refractivity contribution < 1.29 is 32.3 Å². The second kappa shape index (κ2) is 17.4. The minimum absolute atomic E-state index is 0.00881. The Bertz CT molecular complexity index is 1590. The Morgan fingerprint density at radius 1 is 1.10 bits per heavy atom. The maximum absolute atomic E-state index is 15.7. The van der Waals surface area contributed by atoms with Crippen LogP contribution in [0.4, 0.5) is 18.9 Å². The number of hydrogen-bond acceptors (Lipinski definition) is 9. The normalized spacial score (nSPS) is 20.6. The van der Waals surface area contributed by atoms with Gasteiger partial charge in [0, 0.05) is 51.0 Å². The van der Waals surface area contributed by atoms with Crippen LogP contribution in [-0.4, -0.2) is 88.5 Å². The molecule has 51 heavy (non-hydrogen) atoms. The predicted molar refractivity (Wildman–Crippen MR) is 188 cm³/mol. The Morgan fingerprint density at radius 3 is 2.33 bits per heavy atom. The monoisotopic (exact) mass is 735 g/mol. The molecule has 0 bridgehead atoms. The Balaban J connectivity index is 1.55. The van der Waals surface area contributed by atoms with E-state index in [0.717, 1.165) is 37.5 Å². The minimum atomic E-state index is -3.96. The lowest BCUT2D eigenvalue weighted by Crippen LogP contribution is -2.55. The van der Waals surface area contributed by atoms with Gasteiger partial charge in [-0.05, 0) is 68.3 Å². The second-order valence-electron chi connectivity index (χ2n) is 13.4. The molecule has 1 aliphatic heterocycles.